The van der Waals surface area contributed by atoms with Crippen LogP contribution in [-0.4, -0.2) is 34.1 Å². The van der Waals surface area contributed by atoms with Crippen LogP contribution in [-0.2, 0) is 6.54 Å². The van der Waals surface area contributed by atoms with Crippen molar-refractivity contribution in [1.82, 2.24) is 4.90 Å². The lowest BCUT2D eigenvalue weighted by Gasteiger charge is -2.24. The van der Waals surface area contributed by atoms with Crippen LogP contribution in [0.4, 0.5) is 0 Å². The molecule has 0 heterocycles. The van der Waals surface area contributed by atoms with Crippen LogP contribution in [0.3, 0.4) is 0 Å². The molecule has 19 heavy (non-hydrogen) atoms. The fraction of sp³-hybridized carbons (Fsp3) is 0.500. The molecule has 1 aromatic carbocycles. The molecule has 5 heteroatoms. The van der Waals surface area contributed by atoms with Crippen molar-refractivity contribution in [2.45, 2.75) is 26.8 Å². The second kappa shape index (κ2) is 7.63. The van der Waals surface area contributed by atoms with Gasteiger partial charge < -0.3 is 16.0 Å². The number of nitrogens with two attached hydrogens (primary N) is 1. The monoisotopic (exact) mass is 265 g/mol. The smallest absolute Gasteiger partial charge is 0.140 e. The molecule has 0 aliphatic rings. The fourth-order valence-electron chi connectivity index (χ4n) is 1.93. The van der Waals surface area contributed by atoms with Crippen LogP contribution in [0.1, 0.15) is 25.8 Å². The summed E-state index contributed by atoms with van der Waals surface area (Å²) in [6, 6.07) is 7.19. The third-order valence-corrected chi connectivity index (χ3v) is 2.78. The van der Waals surface area contributed by atoms with Crippen LogP contribution in [0.25, 0.3) is 0 Å². The number of hydrogen-bond acceptors (Lipinski definition) is 4. The molecule has 1 aromatic rings. The molecular weight excluding hydrogens is 242 g/mol. The van der Waals surface area contributed by atoms with Gasteiger partial charge in [-0.25, -0.2) is 0 Å². The molecule has 0 aromatic heterocycles. The van der Waals surface area contributed by atoms with Gasteiger partial charge in [0.15, 0.2) is 0 Å². The van der Waals surface area contributed by atoms with Crippen molar-refractivity contribution in [3.05, 3.63) is 29.8 Å². The molecule has 106 valence electrons. The molecule has 1 rings (SSSR count). The van der Waals surface area contributed by atoms with Crippen molar-refractivity contribution in [3.63, 3.8) is 0 Å². The first kappa shape index (κ1) is 15.3. The fourth-order valence-corrected chi connectivity index (χ4v) is 1.93. The highest BCUT2D eigenvalue weighted by molar-refractivity contribution is 5.79. The SMILES string of the molecule is CC(C)CN(CCC(N)=NO)Cc1ccc(O)cc1. The predicted octanol–water partition coefficient (Wildman–Crippen LogP) is 1.99. The number of nitrogens with zero attached hydrogens (tertiary/aromatic N) is 2. The van der Waals surface area contributed by atoms with Crippen LogP contribution in [0.15, 0.2) is 29.4 Å². The van der Waals surface area contributed by atoms with Gasteiger partial charge in [-0.3, -0.25) is 4.90 Å². The van der Waals surface area contributed by atoms with Gasteiger partial charge in [-0.15, -0.1) is 0 Å². The average molecular weight is 265 g/mol. The molecule has 0 aliphatic heterocycles. The number of hydrogen-bond donors (Lipinski definition) is 3. The Bertz CT molecular complexity index is 402. The van der Waals surface area contributed by atoms with Gasteiger partial charge in [0.2, 0.25) is 0 Å². The van der Waals surface area contributed by atoms with E-state index in [-0.39, 0.29) is 11.6 Å². The lowest BCUT2D eigenvalue weighted by atomic mass is 10.1. The van der Waals surface area contributed by atoms with Gasteiger partial charge in [0, 0.05) is 26.1 Å². The molecule has 0 aliphatic carbocycles. The summed E-state index contributed by atoms with van der Waals surface area (Å²) in [6.45, 7) is 6.80. The molecule has 0 atom stereocenters. The maximum Gasteiger partial charge on any atom is 0.140 e. The second-order valence-corrected chi connectivity index (χ2v) is 5.14. The zero-order valence-corrected chi connectivity index (χ0v) is 11.6. The molecule has 0 saturated heterocycles. The van der Waals surface area contributed by atoms with Gasteiger partial charge in [0.25, 0.3) is 0 Å². The highest BCUT2D eigenvalue weighted by Gasteiger charge is 2.09. The third-order valence-electron chi connectivity index (χ3n) is 2.78. The van der Waals surface area contributed by atoms with Gasteiger partial charge in [0.05, 0.1) is 0 Å². The van der Waals surface area contributed by atoms with E-state index in [0.717, 1.165) is 25.2 Å². The minimum atomic E-state index is 0.250. The first-order valence-corrected chi connectivity index (χ1v) is 6.48. The zero-order chi connectivity index (χ0) is 14.3. The summed E-state index contributed by atoms with van der Waals surface area (Å²) in [5.41, 5.74) is 6.64. The molecule has 0 spiro atoms. The van der Waals surface area contributed by atoms with E-state index in [1.165, 1.54) is 0 Å². The van der Waals surface area contributed by atoms with Crippen LogP contribution >= 0.6 is 0 Å². The number of amidine groups is 1. The summed E-state index contributed by atoms with van der Waals surface area (Å²) < 4.78 is 0. The third kappa shape index (κ3) is 6.10. The Balaban J connectivity index is 2.60. The van der Waals surface area contributed by atoms with Crippen molar-refractivity contribution in [1.29, 1.82) is 0 Å². The number of phenolic OH excluding ortho intramolecular Hbond substituents is 1. The number of rotatable bonds is 7. The summed E-state index contributed by atoms with van der Waals surface area (Å²) in [4.78, 5) is 2.26. The van der Waals surface area contributed by atoms with Crippen LogP contribution in [0.5, 0.6) is 5.75 Å². The Morgan fingerprint density at radius 2 is 1.95 bits per heavy atom. The van der Waals surface area contributed by atoms with E-state index in [1.54, 1.807) is 12.1 Å². The minimum Gasteiger partial charge on any atom is -0.508 e. The number of oxime groups is 1. The molecular formula is C14H23N3O2. The summed E-state index contributed by atoms with van der Waals surface area (Å²) in [5, 5.41) is 20.8. The van der Waals surface area contributed by atoms with Crippen LogP contribution < -0.4 is 5.73 Å². The topological polar surface area (TPSA) is 82.1 Å². The van der Waals surface area contributed by atoms with Crippen LogP contribution in [0, 0.1) is 5.92 Å². The maximum absolute atomic E-state index is 9.27. The maximum atomic E-state index is 9.27. The van der Waals surface area contributed by atoms with Crippen molar-refractivity contribution in [2.75, 3.05) is 13.1 Å². The summed E-state index contributed by atoms with van der Waals surface area (Å²) in [5.74, 6) is 1.07. The van der Waals surface area contributed by atoms with E-state index < -0.39 is 0 Å². The molecule has 4 N–H and O–H groups in total. The Morgan fingerprint density at radius 3 is 2.47 bits per heavy atom. The van der Waals surface area contributed by atoms with E-state index in [4.69, 9.17) is 10.9 Å². The lowest BCUT2D eigenvalue weighted by molar-refractivity contribution is 0.240. The van der Waals surface area contributed by atoms with Crippen LogP contribution in [0.2, 0.25) is 0 Å². The Hall–Kier alpha value is -1.75. The average Bonchev–Trinajstić information content (AvgIpc) is 2.37. The molecule has 0 amide bonds. The zero-order valence-electron chi connectivity index (χ0n) is 11.6. The number of aromatic hydroxyl groups is 1. The summed E-state index contributed by atoms with van der Waals surface area (Å²) in [7, 11) is 0. The number of benzene rings is 1. The normalized spacial score (nSPS) is 12.3. The van der Waals surface area contributed by atoms with E-state index in [9.17, 15) is 5.11 Å². The van der Waals surface area contributed by atoms with Crippen molar-refractivity contribution >= 4 is 5.84 Å². The van der Waals surface area contributed by atoms with Crippen molar-refractivity contribution in [3.8, 4) is 5.75 Å². The van der Waals surface area contributed by atoms with E-state index in [2.05, 4.69) is 23.9 Å². The standard InChI is InChI=1S/C14H23N3O2/c1-11(2)9-17(8-7-14(15)16-19)10-12-3-5-13(18)6-4-12/h3-6,11,18-19H,7-10H2,1-2H3,(H2,15,16). The second-order valence-electron chi connectivity index (χ2n) is 5.14. The van der Waals surface area contributed by atoms with E-state index in [0.29, 0.717) is 12.3 Å². The Kier molecular flexibility index (Phi) is 6.15. The lowest BCUT2D eigenvalue weighted by Crippen LogP contribution is -2.31. The predicted molar refractivity (Wildman–Crippen MR) is 76.2 cm³/mol. The molecule has 0 unspecified atom stereocenters. The minimum absolute atomic E-state index is 0.250. The molecule has 5 nitrogen and oxygen atoms in total. The first-order chi connectivity index (χ1) is 9.01. The summed E-state index contributed by atoms with van der Waals surface area (Å²) >= 11 is 0. The largest absolute Gasteiger partial charge is 0.508 e. The van der Waals surface area contributed by atoms with E-state index in [1.807, 2.05) is 12.1 Å². The van der Waals surface area contributed by atoms with Gasteiger partial charge >= 0.3 is 0 Å². The highest BCUT2D eigenvalue weighted by atomic mass is 16.4. The van der Waals surface area contributed by atoms with E-state index >= 15 is 0 Å². The molecule has 0 saturated carbocycles. The summed E-state index contributed by atoms with van der Waals surface area (Å²) in [6.07, 6.45) is 0.543. The molecule has 0 fully saturated rings. The molecule has 0 bridgehead atoms. The first-order valence-electron chi connectivity index (χ1n) is 6.48. The Morgan fingerprint density at radius 1 is 1.32 bits per heavy atom. The van der Waals surface area contributed by atoms with Crippen molar-refractivity contribution in [2.24, 2.45) is 16.8 Å². The quantitative estimate of drug-likeness (QED) is 0.305. The van der Waals surface area contributed by atoms with Gasteiger partial charge in [-0.2, -0.15) is 0 Å². The van der Waals surface area contributed by atoms with Crippen molar-refractivity contribution < 1.29 is 10.3 Å². The Labute approximate surface area is 114 Å². The van der Waals surface area contributed by atoms with Gasteiger partial charge in [-0.1, -0.05) is 31.1 Å². The van der Waals surface area contributed by atoms with Gasteiger partial charge in [0.1, 0.15) is 11.6 Å². The van der Waals surface area contributed by atoms with Gasteiger partial charge in [-0.05, 0) is 23.6 Å². The number of phenols is 1. The highest BCUT2D eigenvalue weighted by Crippen LogP contribution is 2.13. The molecule has 0 radical (unpaired) electrons.